The summed E-state index contributed by atoms with van der Waals surface area (Å²) in [6.07, 6.45) is 24.5. The number of unbranched alkanes of at least 4 members (excludes halogenated alkanes) is 12. The lowest BCUT2D eigenvalue weighted by Crippen LogP contribution is -2.05. The number of benzene rings is 4. The van der Waals surface area contributed by atoms with Crippen molar-refractivity contribution >= 4 is 11.4 Å². The summed E-state index contributed by atoms with van der Waals surface area (Å²) in [6.45, 7) is 9.03. The van der Waals surface area contributed by atoms with Gasteiger partial charge in [0.1, 0.15) is 0 Å². The molecule has 0 aromatic heterocycles. The second kappa shape index (κ2) is 22.4. The molecule has 2 atom stereocenters. The van der Waals surface area contributed by atoms with E-state index in [0.717, 1.165) is 24.2 Å². The van der Waals surface area contributed by atoms with E-state index < -0.39 is 0 Å². The number of hydrogen-bond acceptors (Lipinski definition) is 2. The quantitative estimate of drug-likeness (QED) is 0.0569. The van der Waals surface area contributed by atoms with Crippen molar-refractivity contribution in [3.8, 4) is 0 Å². The topological polar surface area (TPSA) is 52.0 Å². The zero-order valence-corrected chi connectivity index (χ0v) is 32.8. The number of nitrogen functional groups attached to an aromatic ring is 2. The predicted octanol–water partition coefficient (Wildman–Crippen LogP) is 14.2. The Hall–Kier alpha value is -3.52. The van der Waals surface area contributed by atoms with Crippen LogP contribution in [0.3, 0.4) is 0 Å². The van der Waals surface area contributed by atoms with Gasteiger partial charge in [0.25, 0.3) is 0 Å². The molecule has 2 heteroatoms. The zero-order valence-electron chi connectivity index (χ0n) is 32.8. The van der Waals surface area contributed by atoms with Crippen LogP contribution >= 0.6 is 0 Å². The highest BCUT2D eigenvalue weighted by Crippen LogP contribution is 2.35. The normalized spacial score (nSPS) is 12.6. The summed E-state index contributed by atoms with van der Waals surface area (Å²) in [5.74, 6) is 0.886. The third-order valence-corrected chi connectivity index (χ3v) is 11.2. The van der Waals surface area contributed by atoms with Crippen LogP contribution in [0.2, 0.25) is 0 Å². The Morgan fingerprint density at radius 3 is 1.14 bits per heavy atom. The Labute approximate surface area is 312 Å². The van der Waals surface area contributed by atoms with Crippen molar-refractivity contribution in [3.63, 3.8) is 0 Å². The third kappa shape index (κ3) is 13.5. The first-order valence-corrected chi connectivity index (χ1v) is 20.8. The first-order valence-electron chi connectivity index (χ1n) is 20.8. The van der Waals surface area contributed by atoms with E-state index in [9.17, 15) is 0 Å². The van der Waals surface area contributed by atoms with Crippen LogP contribution in [0.1, 0.15) is 179 Å². The van der Waals surface area contributed by atoms with E-state index in [-0.39, 0.29) is 0 Å². The molecule has 4 N–H and O–H groups in total. The standard InChI is InChI=1S/C49H70N2/c1-5-7-9-11-13-18-22-48(46-34-32-44(50)36-38(46)3)42-28-24-40(25-29-42)20-16-15-17-21-41-26-30-43(31-27-41)49(23-19-14-12-10-8-6-2)47-35-33-45(51)37-39(47)4/h24-37,48-49H,5-23,50-51H2,1-4H3. The maximum absolute atomic E-state index is 6.13. The molecule has 2 nitrogen and oxygen atoms in total. The van der Waals surface area contributed by atoms with Gasteiger partial charge in [0.2, 0.25) is 0 Å². The Bertz CT molecular complexity index is 1420. The van der Waals surface area contributed by atoms with Crippen LogP contribution in [0.25, 0.3) is 0 Å². The maximum atomic E-state index is 6.13. The Balaban J connectivity index is 1.27. The second-order valence-electron chi connectivity index (χ2n) is 15.5. The number of anilines is 2. The summed E-state index contributed by atoms with van der Waals surface area (Å²) in [6, 6.07) is 32.1. The molecule has 0 saturated heterocycles. The number of aryl methyl sites for hydroxylation is 4. The van der Waals surface area contributed by atoms with Gasteiger partial charge < -0.3 is 11.5 Å². The lowest BCUT2D eigenvalue weighted by molar-refractivity contribution is 0.567. The molecule has 0 spiro atoms. The van der Waals surface area contributed by atoms with Crippen LogP contribution in [0.15, 0.2) is 84.9 Å². The lowest BCUT2D eigenvalue weighted by atomic mass is 9.84. The van der Waals surface area contributed by atoms with Crippen LogP contribution in [-0.2, 0) is 12.8 Å². The molecule has 0 aliphatic heterocycles. The van der Waals surface area contributed by atoms with E-state index in [4.69, 9.17) is 11.5 Å². The van der Waals surface area contributed by atoms with E-state index in [2.05, 4.69) is 113 Å². The average Bonchev–Trinajstić information content (AvgIpc) is 3.12. The molecule has 0 bridgehead atoms. The van der Waals surface area contributed by atoms with E-state index in [0.29, 0.717) is 11.8 Å². The molecule has 0 fully saturated rings. The molecule has 0 amide bonds. The Morgan fingerprint density at radius 2 is 0.765 bits per heavy atom. The summed E-state index contributed by atoms with van der Waals surface area (Å²) < 4.78 is 0. The first-order chi connectivity index (χ1) is 24.9. The molecule has 276 valence electrons. The SMILES string of the molecule is CCCCCCCCC(c1ccc(CCCCCc2ccc(C(CCCCCCCC)c3ccc(N)cc3C)cc2)cc1)c1ccc(N)cc1C. The van der Waals surface area contributed by atoms with Crippen LogP contribution in [0.4, 0.5) is 11.4 Å². The summed E-state index contributed by atoms with van der Waals surface area (Å²) >= 11 is 0. The van der Waals surface area contributed by atoms with Crippen molar-refractivity contribution in [3.05, 3.63) is 129 Å². The maximum Gasteiger partial charge on any atom is 0.0316 e. The minimum Gasteiger partial charge on any atom is -0.399 e. The van der Waals surface area contributed by atoms with E-state index in [1.807, 2.05) is 0 Å². The molecule has 0 saturated carbocycles. The Kier molecular flexibility index (Phi) is 17.7. The smallest absolute Gasteiger partial charge is 0.0316 e. The zero-order chi connectivity index (χ0) is 36.3. The molecule has 4 rings (SSSR count). The molecular formula is C49H70N2. The lowest BCUT2D eigenvalue weighted by Gasteiger charge is -2.21. The fourth-order valence-electron chi connectivity index (χ4n) is 8.11. The molecule has 0 aliphatic rings. The highest BCUT2D eigenvalue weighted by Gasteiger charge is 2.18. The highest BCUT2D eigenvalue weighted by atomic mass is 14.5. The van der Waals surface area contributed by atoms with E-state index in [1.54, 1.807) is 0 Å². The van der Waals surface area contributed by atoms with Gasteiger partial charge in [-0.25, -0.2) is 0 Å². The summed E-state index contributed by atoms with van der Waals surface area (Å²) in [5, 5.41) is 0. The highest BCUT2D eigenvalue weighted by molar-refractivity contribution is 5.49. The fraction of sp³-hybridized carbons (Fsp3) is 0.510. The van der Waals surface area contributed by atoms with Crippen molar-refractivity contribution in [2.24, 2.45) is 0 Å². The van der Waals surface area contributed by atoms with E-state index in [1.165, 1.54) is 154 Å². The number of hydrogen-bond donors (Lipinski definition) is 2. The molecule has 0 heterocycles. The van der Waals surface area contributed by atoms with E-state index >= 15 is 0 Å². The molecule has 0 aliphatic carbocycles. The van der Waals surface area contributed by atoms with Crippen LogP contribution in [0.5, 0.6) is 0 Å². The molecular weight excluding hydrogens is 617 g/mol. The minimum absolute atomic E-state index is 0.443. The summed E-state index contributed by atoms with van der Waals surface area (Å²) in [5.41, 5.74) is 25.3. The van der Waals surface area contributed by atoms with Crippen LogP contribution in [0, 0.1) is 13.8 Å². The van der Waals surface area contributed by atoms with Gasteiger partial charge in [-0.2, -0.15) is 0 Å². The van der Waals surface area contributed by atoms with Gasteiger partial charge in [0.15, 0.2) is 0 Å². The van der Waals surface area contributed by atoms with Crippen molar-refractivity contribution in [1.29, 1.82) is 0 Å². The molecule has 2 unspecified atom stereocenters. The molecule has 0 radical (unpaired) electrons. The predicted molar refractivity (Wildman–Crippen MR) is 225 cm³/mol. The van der Waals surface area contributed by atoms with Gasteiger partial charge in [0, 0.05) is 23.2 Å². The van der Waals surface area contributed by atoms with Gasteiger partial charge in [-0.1, -0.05) is 158 Å². The number of nitrogens with two attached hydrogens (primary N) is 2. The second-order valence-corrected chi connectivity index (χ2v) is 15.5. The van der Waals surface area contributed by atoms with Gasteiger partial charge >= 0.3 is 0 Å². The van der Waals surface area contributed by atoms with Crippen molar-refractivity contribution < 1.29 is 0 Å². The molecule has 4 aromatic carbocycles. The van der Waals surface area contributed by atoms with Gasteiger partial charge in [-0.3, -0.25) is 0 Å². The average molecular weight is 687 g/mol. The molecule has 51 heavy (non-hydrogen) atoms. The Morgan fingerprint density at radius 1 is 0.412 bits per heavy atom. The van der Waals surface area contributed by atoms with Crippen molar-refractivity contribution in [2.45, 2.75) is 162 Å². The summed E-state index contributed by atoms with van der Waals surface area (Å²) in [7, 11) is 0. The first kappa shape index (κ1) is 40.3. The van der Waals surface area contributed by atoms with Gasteiger partial charge in [-0.15, -0.1) is 0 Å². The van der Waals surface area contributed by atoms with Gasteiger partial charge in [-0.05, 0) is 121 Å². The summed E-state index contributed by atoms with van der Waals surface area (Å²) in [4.78, 5) is 0. The van der Waals surface area contributed by atoms with Gasteiger partial charge in [0.05, 0.1) is 0 Å². The third-order valence-electron chi connectivity index (χ3n) is 11.2. The monoisotopic (exact) mass is 687 g/mol. The number of rotatable bonds is 24. The van der Waals surface area contributed by atoms with Crippen LogP contribution in [-0.4, -0.2) is 0 Å². The molecule has 4 aromatic rings. The minimum atomic E-state index is 0.443. The fourth-order valence-corrected chi connectivity index (χ4v) is 8.11. The van der Waals surface area contributed by atoms with Crippen molar-refractivity contribution in [2.75, 3.05) is 11.5 Å². The van der Waals surface area contributed by atoms with Crippen LogP contribution < -0.4 is 11.5 Å². The largest absolute Gasteiger partial charge is 0.399 e. The van der Waals surface area contributed by atoms with Crippen molar-refractivity contribution in [1.82, 2.24) is 0 Å².